The molecule has 1 aromatic heterocycles. The summed E-state index contributed by atoms with van der Waals surface area (Å²) < 4.78 is 1.88. The van der Waals surface area contributed by atoms with Crippen LogP contribution in [0.25, 0.3) is 0 Å². The molecule has 1 heterocycles. The van der Waals surface area contributed by atoms with E-state index in [1.54, 1.807) is 0 Å². The van der Waals surface area contributed by atoms with Gasteiger partial charge in [-0.15, -0.1) is 0 Å². The molecule has 0 saturated heterocycles. The van der Waals surface area contributed by atoms with Crippen molar-refractivity contribution in [2.75, 3.05) is 5.32 Å². The van der Waals surface area contributed by atoms with Crippen LogP contribution in [0.5, 0.6) is 0 Å². The smallest absolute Gasteiger partial charge is 0.0571 e. The maximum absolute atomic E-state index is 4.12. The molecule has 78 valence electrons. The average molecular weight is 201 g/mol. The van der Waals surface area contributed by atoms with E-state index in [-0.39, 0.29) is 0 Å². The zero-order chi connectivity index (χ0) is 10.7. The minimum absolute atomic E-state index is 0.805. The second-order valence-corrected chi connectivity index (χ2v) is 3.67. The molecular formula is C12H15N3. The summed E-state index contributed by atoms with van der Waals surface area (Å²) >= 11 is 0. The highest BCUT2D eigenvalue weighted by Crippen LogP contribution is 2.10. The highest BCUT2D eigenvalue weighted by Gasteiger charge is 1.97. The van der Waals surface area contributed by atoms with E-state index in [0.29, 0.717) is 0 Å². The third-order valence-corrected chi connectivity index (χ3v) is 2.45. The van der Waals surface area contributed by atoms with Crippen molar-refractivity contribution in [3.05, 3.63) is 47.8 Å². The van der Waals surface area contributed by atoms with Crippen molar-refractivity contribution >= 4 is 5.69 Å². The van der Waals surface area contributed by atoms with Crippen molar-refractivity contribution in [3.63, 3.8) is 0 Å². The van der Waals surface area contributed by atoms with Gasteiger partial charge in [-0.3, -0.25) is 4.68 Å². The van der Waals surface area contributed by atoms with Gasteiger partial charge >= 0.3 is 0 Å². The Bertz CT molecular complexity index is 428. The molecule has 15 heavy (non-hydrogen) atoms. The van der Waals surface area contributed by atoms with Crippen molar-refractivity contribution < 1.29 is 0 Å². The first kappa shape index (κ1) is 9.77. The second kappa shape index (κ2) is 4.17. The van der Waals surface area contributed by atoms with Gasteiger partial charge in [0.2, 0.25) is 0 Å². The Labute approximate surface area is 89.7 Å². The van der Waals surface area contributed by atoms with Crippen molar-refractivity contribution in [2.45, 2.75) is 13.5 Å². The molecule has 2 rings (SSSR count). The monoisotopic (exact) mass is 201 g/mol. The van der Waals surface area contributed by atoms with E-state index in [9.17, 15) is 0 Å². The number of aryl methyl sites for hydroxylation is 2. The number of aromatic nitrogens is 2. The van der Waals surface area contributed by atoms with E-state index in [1.807, 2.05) is 24.0 Å². The molecule has 0 unspecified atom stereocenters. The summed E-state index contributed by atoms with van der Waals surface area (Å²) in [5.41, 5.74) is 3.60. The topological polar surface area (TPSA) is 29.9 Å². The van der Waals surface area contributed by atoms with Gasteiger partial charge in [0.05, 0.1) is 12.2 Å². The number of nitrogens with one attached hydrogen (secondary N) is 1. The van der Waals surface area contributed by atoms with Crippen LogP contribution in [0.3, 0.4) is 0 Å². The largest absolute Gasteiger partial charge is 0.379 e. The van der Waals surface area contributed by atoms with Crippen LogP contribution < -0.4 is 5.32 Å². The minimum atomic E-state index is 0.805. The molecular weight excluding hydrogens is 186 g/mol. The summed E-state index contributed by atoms with van der Waals surface area (Å²) in [5.74, 6) is 0. The van der Waals surface area contributed by atoms with Crippen LogP contribution in [-0.2, 0) is 13.6 Å². The zero-order valence-corrected chi connectivity index (χ0v) is 9.07. The fourth-order valence-corrected chi connectivity index (χ4v) is 1.44. The normalized spacial score (nSPS) is 10.3. The van der Waals surface area contributed by atoms with Gasteiger partial charge in [-0.1, -0.05) is 17.7 Å². The summed E-state index contributed by atoms with van der Waals surface area (Å²) in [7, 11) is 1.95. The summed E-state index contributed by atoms with van der Waals surface area (Å²) in [5, 5.41) is 7.47. The number of anilines is 1. The molecule has 0 saturated carbocycles. The Morgan fingerprint density at radius 3 is 2.53 bits per heavy atom. The average Bonchev–Trinajstić information content (AvgIpc) is 2.63. The van der Waals surface area contributed by atoms with Gasteiger partial charge in [0, 0.05) is 18.9 Å². The minimum Gasteiger partial charge on any atom is -0.379 e. The lowest BCUT2D eigenvalue weighted by Crippen LogP contribution is -2.05. The van der Waals surface area contributed by atoms with Crippen molar-refractivity contribution in [1.82, 2.24) is 9.78 Å². The van der Waals surface area contributed by atoms with Crippen LogP contribution in [0.2, 0.25) is 0 Å². The van der Waals surface area contributed by atoms with Crippen LogP contribution >= 0.6 is 0 Å². The first-order chi connectivity index (χ1) is 7.25. The lowest BCUT2D eigenvalue weighted by Gasteiger charge is -2.06. The van der Waals surface area contributed by atoms with Gasteiger partial charge in [-0.2, -0.15) is 5.10 Å². The number of hydrogen-bond acceptors (Lipinski definition) is 2. The van der Waals surface area contributed by atoms with E-state index >= 15 is 0 Å². The molecule has 1 aromatic carbocycles. The molecule has 0 aliphatic rings. The highest BCUT2D eigenvalue weighted by atomic mass is 15.3. The molecule has 0 radical (unpaired) electrons. The van der Waals surface area contributed by atoms with Gasteiger partial charge in [0.25, 0.3) is 0 Å². The van der Waals surface area contributed by atoms with E-state index < -0.39 is 0 Å². The SMILES string of the molecule is Cc1ccc(NCc2ccnn2C)cc1. The summed E-state index contributed by atoms with van der Waals surface area (Å²) in [6.07, 6.45) is 1.81. The van der Waals surface area contributed by atoms with Crippen molar-refractivity contribution in [3.8, 4) is 0 Å². The second-order valence-electron chi connectivity index (χ2n) is 3.67. The number of nitrogens with zero attached hydrogens (tertiary/aromatic N) is 2. The van der Waals surface area contributed by atoms with Gasteiger partial charge in [0.1, 0.15) is 0 Å². The third kappa shape index (κ3) is 2.37. The van der Waals surface area contributed by atoms with E-state index in [2.05, 4.69) is 41.6 Å². The van der Waals surface area contributed by atoms with Gasteiger partial charge in [-0.25, -0.2) is 0 Å². The molecule has 0 aliphatic carbocycles. The van der Waals surface area contributed by atoms with Gasteiger partial charge in [0.15, 0.2) is 0 Å². The fourth-order valence-electron chi connectivity index (χ4n) is 1.44. The molecule has 0 bridgehead atoms. The third-order valence-electron chi connectivity index (χ3n) is 2.45. The van der Waals surface area contributed by atoms with Gasteiger partial charge < -0.3 is 5.32 Å². The lowest BCUT2D eigenvalue weighted by atomic mass is 10.2. The van der Waals surface area contributed by atoms with E-state index in [4.69, 9.17) is 0 Å². The summed E-state index contributed by atoms with van der Waals surface area (Å²) in [4.78, 5) is 0. The first-order valence-electron chi connectivity index (χ1n) is 5.03. The molecule has 3 nitrogen and oxygen atoms in total. The summed E-state index contributed by atoms with van der Waals surface area (Å²) in [6.45, 7) is 2.89. The van der Waals surface area contributed by atoms with Crippen molar-refractivity contribution in [1.29, 1.82) is 0 Å². The number of benzene rings is 1. The molecule has 0 spiro atoms. The Hall–Kier alpha value is -1.77. The number of hydrogen-bond donors (Lipinski definition) is 1. The molecule has 2 aromatic rings. The van der Waals surface area contributed by atoms with Gasteiger partial charge in [-0.05, 0) is 25.1 Å². The maximum Gasteiger partial charge on any atom is 0.0571 e. The van der Waals surface area contributed by atoms with Crippen LogP contribution in [0, 0.1) is 6.92 Å². The molecule has 0 fully saturated rings. The standard InChI is InChI=1S/C12H15N3/c1-10-3-5-11(6-4-10)13-9-12-7-8-14-15(12)2/h3-8,13H,9H2,1-2H3. The van der Waals surface area contributed by atoms with Crippen LogP contribution in [0.1, 0.15) is 11.3 Å². The Morgan fingerprint density at radius 2 is 1.93 bits per heavy atom. The molecule has 1 N–H and O–H groups in total. The Morgan fingerprint density at radius 1 is 1.20 bits per heavy atom. The Kier molecular flexibility index (Phi) is 2.72. The van der Waals surface area contributed by atoms with Crippen LogP contribution in [0.4, 0.5) is 5.69 Å². The molecule has 3 heteroatoms. The van der Waals surface area contributed by atoms with Crippen LogP contribution in [0.15, 0.2) is 36.5 Å². The predicted octanol–water partition coefficient (Wildman–Crippen LogP) is 2.34. The van der Waals surface area contributed by atoms with Crippen molar-refractivity contribution in [2.24, 2.45) is 7.05 Å². The van der Waals surface area contributed by atoms with E-state index in [0.717, 1.165) is 12.2 Å². The number of rotatable bonds is 3. The molecule has 0 amide bonds. The molecule has 0 aliphatic heterocycles. The quantitative estimate of drug-likeness (QED) is 0.826. The highest BCUT2D eigenvalue weighted by molar-refractivity contribution is 5.44. The summed E-state index contributed by atoms with van der Waals surface area (Å²) in [6, 6.07) is 10.4. The predicted molar refractivity (Wildman–Crippen MR) is 61.7 cm³/mol. The maximum atomic E-state index is 4.12. The molecule has 0 atom stereocenters. The first-order valence-corrected chi connectivity index (χ1v) is 5.03. The van der Waals surface area contributed by atoms with Crippen LogP contribution in [-0.4, -0.2) is 9.78 Å². The fraction of sp³-hybridized carbons (Fsp3) is 0.250. The zero-order valence-electron chi connectivity index (χ0n) is 9.07. The lowest BCUT2D eigenvalue weighted by molar-refractivity contribution is 0.720. The van der Waals surface area contributed by atoms with E-state index in [1.165, 1.54) is 11.3 Å². The Balaban J connectivity index is 1.99.